The second-order valence-corrected chi connectivity index (χ2v) is 9.33. The summed E-state index contributed by atoms with van der Waals surface area (Å²) in [6, 6.07) is 9.89. The zero-order valence-electron chi connectivity index (χ0n) is 18.7. The Bertz CT molecular complexity index is 1020. The van der Waals surface area contributed by atoms with Crippen LogP contribution < -0.4 is 4.74 Å². The third kappa shape index (κ3) is 5.09. The molecule has 1 saturated heterocycles. The van der Waals surface area contributed by atoms with E-state index in [1.54, 1.807) is 23.1 Å². The molecule has 0 bridgehead atoms. The number of fused-ring (bicyclic) bond motifs is 2. The van der Waals surface area contributed by atoms with Gasteiger partial charge in [-0.2, -0.15) is 13.2 Å². The van der Waals surface area contributed by atoms with E-state index in [-0.39, 0.29) is 12.6 Å². The van der Waals surface area contributed by atoms with Gasteiger partial charge in [0.05, 0.1) is 11.6 Å². The fourth-order valence-electron chi connectivity index (χ4n) is 4.11. The maximum atomic E-state index is 12.9. The van der Waals surface area contributed by atoms with Crippen LogP contribution in [0.1, 0.15) is 38.1 Å². The molecule has 2 aliphatic rings. The molecule has 1 N–H and O–H groups in total. The average molecular weight is 464 g/mol. The third-order valence-corrected chi connectivity index (χ3v) is 5.76. The quantitative estimate of drug-likeness (QED) is 0.664. The molecule has 1 fully saturated rings. The van der Waals surface area contributed by atoms with Crippen LogP contribution in [0.5, 0.6) is 5.75 Å². The van der Waals surface area contributed by atoms with Crippen molar-refractivity contribution in [2.75, 3.05) is 26.2 Å². The third-order valence-electron chi connectivity index (χ3n) is 5.76. The lowest BCUT2D eigenvalue weighted by molar-refractivity contribution is -0.137. The maximum absolute atomic E-state index is 12.9. The van der Waals surface area contributed by atoms with Crippen molar-refractivity contribution in [3.05, 3.63) is 53.6 Å². The van der Waals surface area contributed by atoms with Crippen LogP contribution >= 0.6 is 0 Å². The average Bonchev–Trinajstić information content (AvgIpc) is 2.88. The molecule has 1 amide bonds. The predicted octanol–water partition coefficient (Wildman–Crippen LogP) is 4.68. The van der Waals surface area contributed by atoms with E-state index < -0.39 is 29.7 Å². The molecule has 0 saturated carbocycles. The number of amides is 1. The molecule has 2 heterocycles. The normalized spacial score (nSPS) is 21.5. The molecule has 2 aromatic carbocycles. The van der Waals surface area contributed by atoms with Gasteiger partial charge in [-0.1, -0.05) is 18.2 Å². The van der Waals surface area contributed by atoms with Crippen LogP contribution in [0, 0.1) is 0 Å². The minimum atomic E-state index is -4.40. The minimum absolute atomic E-state index is 0.233. The van der Waals surface area contributed by atoms with Gasteiger partial charge in [0.2, 0.25) is 0 Å². The summed E-state index contributed by atoms with van der Waals surface area (Å²) in [5, 5.41) is 11.1. The van der Waals surface area contributed by atoms with Crippen LogP contribution in [0.25, 0.3) is 11.1 Å². The van der Waals surface area contributed by atoms with Crippen molar-refractivity contribution < 1.29 is 32.5 Å². The van der Waals surface area contributed by atoms with Crippen molar-refractivity contribution in [3.63, 3.8) is 0 Å². The zero-order chi connectivity index (χ0) is 24.0. The first-order chi connectivity index (χ1) is 15.4. The summed E-state index contributed by atoms with van der Waals surface area (Å²) >= 11 is 0. The summed E-state index contributed by atoms with van der Waals surface area (Å²) < 4.78 is 50.0. The molecule has 0 aliphatic carbocycles. The largest absolute Gasteiger partial charge is 0.491 e. The first kappa shape index (κ1) is 23.4. The lowest BCUT2D eigenvalue weighted by Crippen LogP contribution is -2.57. The number of hydrogen-bond donors (Lipinski definition) is 1. The fraction of sp³-hybridized carbons (Fsp3) is 0.458. The smallest absolute Gasteiger partial charge is 0.416 e. The number of piperazine rings is 1. The Labute approximate surface area is 190 Å². The summed E-state index contributed by atoms with van der Waals surface area (Å²) in [5.41, 5.74) is 0.513. The predicted molar refractivity (Wildman–Crippen MR) is 116 cm³/mol. The van der Waals surface area contributed by atoms with Gasteiger partial charge in [0.15, 0.2) is 0 Å². The van der Waals surface area contributed by atoms with Crippen molar-refractivity contribution in [2.45, 2.75) is 44.8 Å². The molecule has 0 radical (unpaired) electrons. The van der Waals surface area contributed by atoms with Gasteiger partial charge in [-0.3, -0.25) is 4.90 Å². The number of nitrogens with zero attached hydrogens (tertiary/aromatic N) is 2. The van der Waals surface area contributed by atoms with Gasteiger partial charge >= 0.3 is 12.3 Å². The molecule has 178 valence electrons. The van der Waals surface area contributed by atoms with Gasteiger partial charge in [0.25, 0.3) is 0 Å². The highest BCUT2D eigenvalue weighted by molar-refractivity contribution is 5.68. The van der Waals surface area contributed by atoms with Crippen molar-refractivity contribution in [1.29, 1.82) is 0 Å². The van der Waals surface area contributed by atoms with E-state index in [1.807, 2.05) is 25.7 Å². The van der Waals surface area contributed by atoms with Gasteiger partial charge in [-0.15, -0.1) is 0 Å². The molecule has 2 aliphatic heterocycles. The molecule has 33 heavy (non-hydrogen) atoms. The van der Waals surface area contributed by atoms with E-state index in [0.717, 1.165) is 12.1 Å². The lowest BCUT2D eigenvalue weighted by atomic mass is 10.00. The van der Waals surface area contributed by atoms with Crippen LogP contribution in [0.3, 0.4) is 0 Å². The number of carbonyl (C=O) groups excluding carboxylic acids is 1. The number of aliphatic hydroxyl groups excluding tert-OH is 1. The number of hydrogen-bond acceptors (Lipinski definition) is 5. The van der Waals surface area contributed by atoms with Gasteiger partial charge in [0.1, 0.15) is 24.2 Å². The Morgan fingerprint density at radius 2 is 1.73 bits per heavy atom. The fourth-order valence-corrected chi connectivity index (χ4v) is 4.11. The van der Waals surface area contributed by atoms with Crippen LogP contribution in [0.2, 0.25) is 0 Å². The zero-order valence-corrected chi connectivity index (χ0v) is 18.7. The Hall–Kier alpha value is -2.78. The summed E-state index contributed by atoms with van der Waals surface area (Å²) in [6.07, 6.45) is -5.77. The first-order valence-electron chi connectivity index (χ1n) is 10.8. The van der Waals surface area contributed by atoms with E-state index in [4.69, 9.17) is 9.47 Å². The molecular weight excluding hydrogens is 437 g/mol. The molecule has 1 unspecified atom stereocenters. The molecule has 0 spiro atoms. The number of ether oxygens (including phenoxy) is 2. The summed E-state index contributed by atoms with van der Waals surface area (Å²) in [7, 11) is 0. The van der Waals surface area contributed by atoms with Crippen molar-refractivity contribution in [2.24, 2.45) is 0 Å². The van der Waals surface area contributed by atoms with Gasteiger partial charge in [-0.25, -0.2) is 4.79 Å². The lowest BCUT2D eigenvalue weighted by Gasteiger charge is -2.41. The SMILES string of the molecule is CC(C)(C)OC(=O)N1CCN2C(O)c3cc(-c4ccc(C(F)(F)F)cc4)ccc3OC[C@@H]2C1. The molecule has 2 atom stereocenters. The van der Waals surface area contributed by atoms with Gasteiger partial charge in [-0.05, 0) is 56.2 Å². The molecule has 2 aromatic rings. The van der Waals surface area contributed by atoms with E-state index in [9.17, 15) is 23.1 Å². The molecule has 9 heteroatoms. The number of aliphatic hydroxyl groups is 1. The van der Waals surface area contributed by atoms with Gasteiger partial charge < -0.3 is 19.5 Å². The van der Waals surface area contributed by atoms with Crippen LogP contribution in [-0.2, 0) is 10.9 Å². The second-order valence-electron chi connectivity index (χ2n) is 9.33. The Balaban J connectivity index is 1.53. The monoisotopic (exact) mass is 464 g/mol. The standard InChI is InChI=1S/C24H27F3N2O4/c1-23(2,3)33-22(31)28-10-11-29-18(13-28)14-32-20-9-6-16(12-19(20)21(29)30)15-4-7-17(8-5-15)24(25,26)27/h4-9,12,18,21,30H,10-11,13-14H2,1-3H3/t18-,21?/m0/s1. The number of halogens is 3. The van der Waals surface area contributed by atoms with Crippen molar-refractivity contribution in [3.8, 4) is 16.9 Å². The number of alkyl halides is 3. The highest BCUT2D eigenvalue weighted by Gasteiger charge is 2.38. The molecular formula is C24H27F3N2O4. The molecule has 4 rings (SSSR count). The molecule has 0 aromatic heterocycles. The van der Waals surface area contributed by atoms with Gasteiger partial charge in [0, 0.05) is 25.2 Å². The van der Waals surface area contributed by atoms with E-state index >= 15 is 0 Å². The first-order valence-corrected chi connectivity index (χ1v) is 10.8. The topological polar surface area (TPSA) is 62.2 Å². The number of rotatable bonds is 1. The van der Waals surface area contributed by atoms with Crippen molar-refractivity contribution in [1.82, 2.24) is 9.80 Å². The van der Waals surface area contributed by atoms with E-state index in [1.165, 1.54) is 12.1 Å². The summed E-state index contributed by atoms with van der Waals surface area (Å²) in [5.74, 6) is 0.511. The highest BCUT2D eigenvalue weighted by atomic mass is 19.4. The van der Waals surface area contributed by atoms with E-state index in [2.05, 4.69) is 0 Å². The van der Waals surface area contributed by atoms with Crippen LogP contribution in [0.4, 0.5) is 18.0 Å². The minimum Gasteiger partial charge on any atom is -0.491 e. The molecule has 6 nitrogen and oxygen atoms in total. The Kier molecular flexibility index (Phi) is 6.05. The van der Waals surface area contributed by atoms with E-state index in [0.29, 0.717) is 42.1 Å². The Morgan fingerprint density at radius 1 is 1.06 bits per heavy atom. The second kappa shape index (κ2) is 8.53. The van der Waals surface area contributed by atoms with Crippen LogP contribution in [0.15, 0.2) is 42.5 Å². The highest BCUT2D eigenvalue weighted by Crippen LogP contribution is 2.37. The number of benzene rings is 2. The van der Waals surface area contributed by atoms with Crippen LogP contribution in [-0.4, -0.2) is 58.9 Å². The Morgan fingerprint density at radius 3 is 2.36 bits per heavy atom. The number of carbonyl (C=O) groups is 1. The van der Waals surface area contributed by atoms with Crippen molar-refractivity contribution >= 4 is 6.09 Å². The summed E-state index contributed by atoms with van der Waals surface area (Å²) in [6.45, 7) is 6.89. The summed E-state index contributed by atoms with van der Waals surface area (Å²) in [4.78, 5) is 16.0. The maximum Gasteiger partial charge on any atom is 0.416 e.